The normalized spacial score (nSPS) is 21.8. The zero-order valence-corrected chi connectivity index (χ0v) is 12.9. The molecule has 0 radical (unpaired) electrons. The van der Waals surface area contributed by atoms with E-state index in [1.807, 2.05) is 6.92 Å². The van der Waals surface area contributed by atoms with Gasteiger partial charge in [-0.15, -0.1) is 0 Å². The highest BCUT2D eigenvalue weighted by Gasteiger charge is 2.40. The monoisotopic (exact) mass is 300 g/mol. The van der Waals surface area contributed by atoms with Gasteiger partial charge in [0.15, 0.2) is 5.92 Å². The van der Waals surface area contributed by atoms with Gasteiger partial charge in [0.25, 0.3) is 0 Å². The van der Waals surface area contributed by atoms with Crippen LogP contribution >= 0.6 is 0 Å². The quantitative estimate of drug-likeness (QED) is 0.404. The lowest BCUT2D eigenvalue weighted by molar-refractivity contribution is -0.166. The van der Waals surface area contributed by atoms with Crippen molar-refractivity contribution in [2.45, 2.75) is 40.0 Å². The predicted molar refractivity (Wildman–Crippen MR) is 74.2 cm³/mol. The minimum atomic E-state index is -1.06. The molecule has 0 bridgehead atoms. The Hall–Kier alpha value is -1.59. The highest BCUT2D eigenvalue weighted by Crippen LogP contribution is 2.31. The molecule has 0 saturated carbocycles. The van der Waals surface area contributed by atoms with Crippen LogP contribution in [0, 0.1) is 17.8 Å². The van der Waals surface area contributed by atoms with Gasteiger partial charge in [-0.1, -0.05) is 13.3 Å². The lowest BCUT2D eigenvalue weighted by Gasteiger charge is -2.30. The number of rotatable bonds is 7. The number of cyclic esters (lactones) is 1. The van der Waals surface area contributed by atoms with Crippen molar-refractivity contribution in [3.8, 4) is 0 Å². The van der Waals surface area contributed by atoms with Crippen molar-refractivity contribution in [1.29, 1.82) is 0 Å². The number of hydrogen-bond donors (Lipinski definition) is 0. The van der Waals surface area contributed by atoms with Gasteiger partial charge in [0.05, 0.1) is 25.7 Å². The first kappa shape index (κ1) is 17.5. The van der Waals surface area contributed by atoms with Crippen molar-refractivity contribution >= 4 is 17.9 Å². The van der Waals surface area contributed by atoms with E-state index in [9.17, 15) is 14.4 Å². The van der Waals surface area contributed by atoms with Crippen molar-refractivity contribution in [2.24, 2.45) is 17.8 Å². The third-order valence-corrected chi connectivity index (χ3v) is 3.76. The maximum atomic E-state index is 12.0. The van der Waals surface area contributed by atoms with Gasteiger partial charge in [-0.05, 0) is 32.6 Å². The molecule has 1 aliphatic rings. The minimum absolute atomic E-state index is 0.0923. The lowest BCUT2D eigenvalue weighted by atomic mass is 9.80. The number of hydrogen-bond acceptors (Lipinski definition) is 6. The molecule has 0 N–H and O–H groups in total. The maximum Gasteiger partial charge on any atom is 0.320 e. The molecule has 0 spiro atoms. The fourth-order valence-electron chi connectivity index (χ4n) is 2.62. The molecule has 1 fully saturated rings. The predicted octanol–water partition coefficient (Wildman–Crippen LogP) is 1.71. The highest BCUT2D eigenvalue weighted by atomic mass is 16.6. The van der Waals surface area contributed by atoms with Crippen LogP contribution in [0.15, 0.2) is 0 Å². The van der Waals surface area contributed by atoms with Crippen LogP contribution in [-0.4, -0.2) is 37.7 Å². The fourth-order valence-corrected chi connectivity index (χ4v) is 2.62. The Morgan fingerprint density at radius 1 is 1.19 bits per heavy atom. The van der Waals surface area contributed by atoms with Gasteiger partial charge in [0.1, 0.15) is 0 Å². The minimum Gasteiger partial charge on any atom is -0.465 e. The molecule has 1 saturated heterocycles. The van der Waals surface area contributed by atoms with E-state index in [1.165, 1.54) is 0 Å². The van der Waals surface area contributed by atoms with Crippen LogP contribution < -0.4 is 0 Å². The Kier molecular flexibility index (Phi) is 7.19. The van der Waals surface area contributed by atoms with Crippen LogP contribution in [-0.2, 0) is 28.6 Å². The summed E-state index contributed by atoms with van der Waals surface area (Å²) < 4.78 is 14.9. The van der Waals surface area contributed by atoms with Crippen LogP contribution in [0.3, 0.4) is 0 Å². The van der Waals surface area contributed by atoms with Crippen molar-refractivity contribution in [2.75, 3.05) is 19.8 Å². The van der Waals surface area contributed by atoms with Gasteiger partial charge in [0, 0.05) is 0 Å². The molecule has 1 heterocycles. The van der Waals surface area contributed by atoms with Gasteiger partial charge in [0.2, 0.25) is 0 Å². The van der Waals surface area contributed by atoms with Crippen molar-refractivity contribution in [3.05, 3.63) is 0 Å². The van der Waals surface area contributed by atoms with Crippen LogP contribution in [0.1, 0.15) is 40.0 Å². The van der Waals surface area contributed by atoms with Gasteiger partial charge >= 0.3 is 17.9 Å². The third kappa shape index (κ3) is 4.72. The summed E-state index contributed by atoms with van der Waals surface area (Å²) in [5.74, 6) is -3.00. The average Bonchev–Trinajstić information content (AvgIpc) is 2.46. The first-order chi connectivity index (χ1) is 10.0. The zero-order valence-electron chi connectivity index (χ0n) is 12.9. The summed E-state index contributed by atoms with van der Waals surface area (Å²) in [6.07, 6.45) is 1.65. The molecule has 21 heavy (non-hydrogen) atoms. The summed E-state index contributed by atoms with van der Waals surface area (Å²) in [6, 6.07) is 0. The lowest BCUT2D eigenvalue weighted by Crippen LogP contribution is -2.38. The Morgan fingerprint density at radius 2 is 1.76 bits per heavy atom. The van der Waals surface area contributed by atoms with Gasteiger partial charge in [-0.25, -0.2) is 0 Å². The van der Waals surface area contributed by atoms with Crippen molar-refractivity contribution in [3.63, 3.8) is 0 Å². The fraction of sp³-hybridized carbons (Fsp3) is 0.800. The molecule has 1 rings (SSSR count). The largest absolute Gasteiger partial charge is 0.465 e. The highest BCUT2D eigenvalue weighted by molar-refractivity contribution is 5.95. The SMILES string of the molecule is CCOC(=O)C(C[C@@H]1C(=O)OCC[C@H]1CC)C(=O)OCC. The van der Waals surface area contributed by atoms with Crippen LogP contribution in [0.2, 0.25) is 0 Å². The van der Waals surface area contributed by atoms with Gasteiger partial charge < -0.3 is 14.2 Å². The molecule has 6 heteroatoms. The molecule has 0 aromatic rings. The molecule has 6 nitrogen and oxygen atoms in total. The van der Waals surface area contributed by atoms with E-state index in [0.717, 1.165) is 12.8 Å². The number of carbonyl (C=O) groups is 3. The molecule has 120 valence electrons. The average molecular weight is 300 g/mol. The number of ether oxygens (including phenoxy) is 3. The van der Waals surface area contributed by atoms with E-state index in [-0.39, 0.29) is 31.5 Å². The summed E-state index contributed by atoms with van der Waals surface area (Å²) in [7, 11) is 0. The third-order valence-electron chi connectivity index (χ3n) is 3.76. The molecule has 0 unspecified atom stereocenters. The zero-order chi connectivity index (χ0) is 15.8. The Labute approximate surface area is 125 Å². The first-order valence-electron chi connectivity index (χ1n) is 7.54. The Bertz CT molecular complexity index is 360. The van der Waals surface area contributed by atoms with Crippen molar-refractivity contribution in [1.82, 2.24) is 0 Å². The Morgan fingerprint density at radius 3 is 2.24 bits per heavy atom. The summed E-state index contributed by atoms with van der Waals surface area (Å²) in [5, 5.41) is 0. The van der Waals surface area contributed by atoms with E-state index < -0.39 is 23.8 Å². The summed E-state index contributed by atoms with van der Waals surface area (Å²) in [4.78, 5) is 35.9. The van der Waals surface area contributed by atoms with E-state index in [1.54, 1.807) is 13.8 Å². The summed E-state index contributed by atoms with van der Waals surface area (Å²) in [5.41, 5.74) is 0. The number of carbonyl (C=O) groups excluding carboxylic acids is 3. The van der Waals surface area contributed by atoms with E-state index >= 15 is 0 Å². The standard InChI is InChI=1S/C15H24O6/c1-4-10-7-8-21-13(16)11(10)9-12(14(17)19-5-2)15(18)20-6-3/h10-12H,4-9H2,1-3H3/t10-,11+/m1/s1. The molecule has 2 atom stereocenters. The molecule has 0 amide bonds. The maximum absolute atomic E-state index is 12.0. The first-order valence-corrected chi connectivity index (χ1v) is 7.54. The molecular weight excluding hydrogens is 276 g/mol. The Balaban J connectivity index is 2.84. The number of esters is 3. The topological polar surface area (TPSA) is 78.9 Å². The van der Waals surface area contributed by atoms with Gasteiger partial charge in [-0.3, -0.25) is 14.4 Å². The second-order valence-electron chi connectivity index (χ2n) is 5.02. The van der Waals surface area contributed by atoms with Crippen LogP contribution in [0.4, 0.5) is 0 Å². The van der Waals surface area contributed by atoms with Crippen LogP contribution in [0.25, 0.3) is 0 Å². The van der Waals surface area contributed by atoms with E-state index in [0.29, 0.717) is 6.61 Å². The van der Waals surface area contributed by atoms with Gasteiger partial charge in [-0.2, -0.15) is 0 Å². The molecule has 0 aliphatic carbocycles. The molecule has 1 aliphatic heterocycles. The molecule has 0 aromatic carbocycles. The molecule has 0 aromatic heterocycles. The second-order valence-corrected chi connectivity index (χ2v) is 5.02. The van der Waals surface area contributed by atoms with Crippen molar-refractivity contribution < 1.29 is 28.6 Å². The smallest absolute Gasteiger partial charge is 0.320 e. The van der Waals surface area contributed by atoms with E-state index in [2.05, 4.69) is 0 Å². The summed E-state index contributed by atoms with van der Waals surface area (Å²) >= 11 is 0. The second kappa shape index (κ2) is 8.64. The van der Waals surface area contributed by atoms with Crippen LogP contribution in [0.5, 0.6) is 0 Å². The van der Waals surface area contributed by atoms with E-state index in [4.69, 9.17) is 14.2 Å². The molecular formula is C15H24O6. The summed E-state index contributed by atoms with van der Waals surface area (Å²) in [6.45, 7) is 6.09.